The number of hydrogen-bond donors (Lipinski definition) is 1. The van der Waals surface area contributed by atoms with Crippen molar-refractivity contribution in [2.45, 2.75) is 24.3 Å². The summed E-state index contributed by atoms with van der Waals surface area (Å²) in [6.45, 7) is 1.94. The van der Waals surface area contributed by atoms with Crippen molar-refractivity contribution in [1.82, 2.24) is 9.88 Å². The van der Waals surface area contributed by atoms with E-state index in [9.17, 15) is 4.79 Å². The number of nitrogens with zero attached hydrogens (tertiary/aromatic N) is 2. The minimum atomic E-state index is 0.0897. The van der Waals surface area contributed by atoms with Gasteiger partial charge in [0.05, 0.1) is 10.6 Å². The number of pyridine rings is 1. The van der Waals surface area contributed by atoms with Crippen LogP contribution in [-0.4, -0.2) is 46.3 Å². The fourth-order valence-corrected chi connectivity index (χ4v) is 2.71. The molecule has 0 aromatic carbocycles. The van der Waals surface area contributed by atoms with Crippen molar-refractivity contribution in [2.24, 2.45) is 0 Å². The van der Waals surface area contributed by atoms with Gasteiger partial charge in [-0.3, -0.25) is 4.79 Å². The van der Waals surface area contributed by atoms with Crippen molar-refractivity contribution in [3.05, 3.63) is 23.9 Å². The molecule has 1 aromatic rings. The van der Waals surface area contributed by atoms with E-state index in [0.29, 0.717) is 5.56 Å². The number of likely N-dealkylation sites (tertiary alicyclic amines) is 1. The molecule has 0 unspecified atom stereocenters. The van der Waals surface area contributed by atoms with Crippen LogP contribution in [0.4, 0.5) is 0 Å². The van der Waals surface area contributed by atoms with E-state index in [4.69, 9.17) is 5.11 Å². The van der Waals surface area contributed by atoms with Gasteiger partial charge in [0.2, 0.25) is 0 Å². The van der Waals surface area contributed by atoms with E-state index in [1.54, 1.807) is 18.0 Å². The maximum atomic E-state index is 12.1. The molecule has 0 aliphatic carbocycles. The zero-order valence-electron chi connectivity index (χ0n) is 10.3. The lowest BCUT2D eigenvalue weighted by atomic mass is 10.2. The number of aliphatic hydroxyl groups is 1. The number of thioether (sulfide) groups is 1. The molecule has 1 N–H and O–H groups in total. The van der Waals surface area contributed by atoms with E-state index < -0.39 is 0 Å². The van der Waals surface area contributed by atoms with Crippen LogP contribution in [0.15, 0.2) is 23.4 Å². The number of amides is 1. The van der Waals surface area contributed by atoms with Crippen LogP contribution in [0, 0.1) is 0 Å². The molecule has 0 spiro atoms. The third-order valence-electron chi connectivity index (χ3n) is 2.93. The average molecular weight is 266 g/mol. The highest BCUT2D eigenvalue weighted by Gasteiger charge is 2.19. The molecule has 1 aliphatic rings. The van der Waals surface area contributed by atoms with Crippen LogP contribution in [0.1, 0.15) is 29.6 Å². The van der Waals surface area contributed by atoms with E-state index in [1.807, 2.05) is 17.0 Å². The van der Waals surface area contributed by atoms with Gasteiger partial charge < -0.3 is 10.0 Å². The minimum absolute atomic E-state index is 0.0897. The fourth-order valence-electron chi connectivity index (χ4n) is 1.94. The molecule has 5 heteroatoms. The van der Waals surface area contributed by atoms with E-state index >= 15 is 0 Å². The largest absolute Gasteiger partial charge is 0.396 e. The molecule has 0 saturated carbocycles. The first kappa shape index (κ1) is 13.4. The summed E-state index contributed by atoms with van der Waals surface area (Å²) in [7, 11) is 0. The highest BCUT2D eigenvalue weighted by molar-refractivity contribution is 7.99. The van der Waals surface area contributed by atoms with Crippen molar-refractivity contribution in [3.63, 3.8) is 0 Å². The number of hydrogen-bond acceptors (Lipinski definition) is 4. The van der Waals surface area contributed by atoms with Crippen LogP contribution in [0.5, 0.6) is 0 Å². The number of aromatic nitrogens is 1. The zero-order chi connectivity index (χ0) is 12.8. The van der Waals surface area contributed by atoms with E-state index in [0.717, 1.165) is 43.1 Å². The Bertz CT molecular complexity index is 388. The molecule has 0 atom stereocenters. The second kappa shape index (κ2) is 6.75. The van der Waals surface area contributed by atoms with Crippen molar-refractivity contribution in [2.75, 3.05) is 25.4 Å². The smallest absolute Gasteiger partial charge is 0.255 e. The van der Waals surface area contributed by atoms with Gasteiger partial charge in [-0.2, -0.15) is 0 Å². The third-order valence-corrected chi connectivity index (χ3v) is 3.96. The summed E-state index contributed by atoms with van der Waals surface area (Å²) in [5, 5.41) is 9.60. The Morgan fingerprint density at radius 3 is 2.78 bits per heavy atom. The summed E-state index contributed by atoms with van der Waals surface area (Å²) >= 11 is 1.60. The zero-order valence-corrected chi connectivity index (χ0v) is 11.2. The molecule has 2 heterocycles. The molecule has 18 heavy (non-hydrogen) atoms. The summed E-state index contributed by atoms with van der Waals surface area (Å²) in [4.78, 5) is 18.2. The maximum absolute atomic E-state index is 12.1. The van der Waals surface area contributed by atoms with Gasteiger partial charge in [-0.15, -0.1) is 11.8 Å². The molecule has 1 aliphatic heterocycles. The normalized spacial score (nSPS) is 15.1. The summed E-state index contributed by atoms with van der Waals surface area (Å²) in [6, 6.07) is 3.72. The van der Waals surface area contributed by atoms with Gasteiger partial charge in [0, 0.05) is 31.6 Å². The Hall–Kier alpha value is -1.07. The van der Waals surface area contributed by atoms with Gasteiger partial charge in [0.25, 0.3) is 5.91 Å². The van der Waals surface area contributed by atoms with Crippen LogP contribution in [0.25, 0.3) is 0 Å². The summed E-state index contributed by atoms with van der Waals surface area (Å²) in [5.41, 5.74) is 0.670. The second-order valence-electron chi connectivity index (χ2n) is 4.31. The van der Waals surface area contributed by atoms with Crippen LogP contribution in [0.3, 0.4) is 0 Å². The topological polar surface area (TPSA) is 53.4 Å². The molecule has 1 aromatic heterocycles. The highest BCUT2D eigenvalue weighted by atomic mass is 32.2. The minimum Gasteiger partial charge on any atom is -0.396 e. The predicted molar refractivity (Wildman–Crippen MR) is 71.8 cm³/mol. The molecular weight excluding hydrogens is 248 g/mol. The Labute approximate surface area is 111 Å². The molecule has 98 valence electrons. The first-order chi connectivity index (χ1) is 8.81. The second-order valence-corrected chi connectivity index (χ2v) is 5.43. The molecule has 1 fully saturated rings. The summed E-state index contributed by atoms with van der Waals surface area (Å²) < 4.78 is 0. The number of carbonyl (C=O) groups is 1. The highest BCUT2D eigenvalue weighted by Crippen LogP contribution is 2.18. The average Bonchev–Trinajstić information content (AvgIpc) is 2.93. The van der Waals surface area contributed by atoms with E-state index in [1.165, 1.54) is 0 Å². The molecular formula is C13H18N2O2S. The van der Waals surface area contributed by atoms with Crippen LogP contribution < -0.4 is 0 Å². The first-order valence-corrected chi connectivity index (χ1v) is 7.29. The van der Waals surface area contributed by atoms with Crippen molar-refractivity contribution >= 4 is 17.7 Å². The van der Waals surface area contributed by atoms with Crippen LogP contribution >= 0.6 is 11.8 Å². The van der Waals surface area contributed by atoms with Gasteiger partial charge in [0.1, 0.15) is 0 Å². The maximum Gasteiger partial charge on any atom is 0.255 e. The van der Waals surface area contributed by atoms with Crippen molar-refractivity contribution < 1.29 is 9.90 Å². The lowest BCUT2D eigenvalue weighted by molar-refractivity contribution is 0.0792. The molecule has 1 saturated heterocycles. The van der Waals surface area contributed by atoms with Gasteiger partial charge in [-0.05, 0) is 31.4 Å². The van der Waals surface area contributed by atoms with Gasteiger partial charge in [0.15, 0.2) is 0 Å². The quantitative estimate of drug-likeness (QED) is 0.652. The monoisotopic (exact) mass is 266 g/mol. The van der Waals surface area contributed by atoms with E-state index in [2.05, 4.69) is 4.98 Å². The van der Waals surface area contributed by atoms with Gasteiger partial charge in [-0.25, -0.2) is 4.98 Å². The molecule has 1 amide bonds. The molecule has 4 nitrogen and oxygen atoms in total. The predicted octanol–water partition coefficient (Wildman–Crippen LogP) is 1.79. The van der Waals surface area contributed by atoms with Crippen molar-refractivity contribution in [1.29, 1.82) is 0 Å². The standard InChI is InChI=1S/C13H18N2O2S/c16-8-3-9-18-12-5-4-11(10-14-12)13(17)15-6-1-2-7-15/h4-5,10,16H,1-3,6-9H2. The van der Waals surface area contributed by atoms with Gasteiger partial charge >= 0.3 is 0 Å². The van der Waals surface area contributed by atoms with E-state index in [-0.39, 0.29) is 12.5 Å². The van der Waals surface area contributed by atoms with Gasteiger partial charge in [-0.1, -0.05) is 0 Å². The first-order valence-electron chi connectivity index (χ1n) is 6.30. The Morgan fingerprint density at radius 1 is 1.39 bits per heavy atom. The summed E-state index contributed by atoms with van der Waals surface area (Å²) in [6.07, 6.45) is 4.63. The SMILES string of the molecule is O=C(c1ccc(SCCCO)nc1)N1CCCC1. The fraction of sp³-hybridized carbons (Fsp3) is 0.538. The lowest BCUT2D eigenvalue weighted by Crippen LogP contribution is -2.27. The Balaban J connectivity index is 1.92. The molecule has 2 rings (SSSR count). The third kappa shape index (κ3) is 3.46. The Kier molecular flexibility index (Phi) is 5.01. The summed E-state index contributed by atoms with van der Waals surface area (Å²) in [5.74, 6) is 0.940. The number of aliphatic hydroxyl groups excluding tert-OH is 1. The van der Waals surface area contributed by atoms with Crippen LogP contribution in [0.2, 0.25) is 0 Å². The van der Waals surface area contributed by atoms with Crippen LogP contribution in [-0.2, 0) is 0 Å². The molecule has 0 radical (unpaired) electrons. The van der Waals surface area contributed by atoms with Crippen molar-refractivity contribution in [3.8, 4) is 0 Å². The lowest BCUT2D eigenvalue weighted by Gasteiger charge is -2.14. The molecule has 0 bridgehead atoms. The number of carbonyl (C=O) groups excluding carboxylic acids is 1. The Morgan fingerprint density at radius 2 is 2.17 bits per heavy atom. The number of rotatable bonds is 5.